The molecule has 0 bridgehead atoms. The smallest absolute Gasteiger partial charge is 0.156 e. The number of benzene rings is 1. The molecule has 0 radical (unpaired) electrons. The zero-order valence-corrected chi connectivity index (χ0v) is 11.8. The zero-order valence-electron chi connectivity index (χ0n) is 11.8. The van der Waals surface area contributed by atoms with Crippen LogP contribution in [-0.2, 0) is 0 Å². The highest BCUT2D eigenvalue weighted by atomic mass is 19.1. The predicted octanol–water partition coefficient (Wildman–Crippen LogP) is 3.14. The first-order chi connectivity index (χ1) is 9.26. The first-order valence-electron chi connectivity index (χ1n) is 6.82. The summed E-state index contributed by atoms with van der Waals surface area (Å²) in [6.07, 6.45) is 2.70. The van der Waals surface area contributed by atoms with Crippen molar-refractivity contribution < 1.29 is 13.9 Å². The lowest BCUT2D eigenvalue weighted by Gasteiger charge is -2.11. The van der Waals surface area contributed by atoms with Crippen molar-refractivity contribution in [2.45, 2.75) is 32.6 Å². The molecule has 1 aromatic rings. The molecule has 0 saturated heterocycles. The Morgan fingerprint density at radius 3 is 2.63 bits per heavy atom. The fraction of sp³-hybridized carbons (Fsp3) is 0.533. The topological polar surface area (TPSA) is 38.3 Å². The van der Waals surface area contributed by atoms with Gasteiger partial charge >= 0.3 is 0 Å². The van der Waals surface area contributed by atoms with E-state index < -0.39 is 5.82 Å². The average Bonchev–Trinajstić information content (AvgIpc) is 3.25. The van der Waals surface area contributed by atoms with Gasteiger partial charge in [0.2, 0.25) is 0 Å². The summed E-state index contributed by atoms with van der Waals surface area (Å²) in [4.78, 5) is 10.8. The SMILES string of the molecule is CC.CNCCOc1cc(C2CC2)cc(F)c1C=O. The number of likely N-dealkylation sites (N-methyl/N-ethyl adjacent to an activating group) is 1. The van der Waals surface area contributed by atoms with Gasteiger partial charge in [0.05, 0.1) is 5.56 Å². The number of nitrogens with one attached hydrogen (secondary N) is 1. The summed E-state index contributed by atoms with van der Waals surface area (Å²) in [5.74, 6) is 0.317. The average molecular weight is 267 g/mol. The van der Waals surface area contributed by atoms with Crippen molar-refractivity contribution in [3.05, 3.63) is 29.1 Å². The number of hydrogen-bond donors (Lipinski definition) is 1. The highest BCUT2D eigenvalue weighted by Crippen LogP contribution is 2.42. The molecule has 0 unspecified atom stereocenters. The van der Waals surface area contributed by atoms with Crippen molar-refractivity contribution in [1.29, 1.82) is 0 Å². The number of halogens is 1. The molecule has 2 rings (SSSR count). The fourth-order valence-electron chi connectivity index (χ4n) is 1.76. The van der Waals surface area contributed by atoms with Crippen LogP contribution in [0.5, 0.6) is 5.75 Å². The van der Waals surface area contributed by atoms with Crippen molar-refractivity contribution >= 4 is 6.29 Å². The van der Waals surface area contributed by atoms with Gasteiger partial charge in [-0.1, -0.05) is 13.8 Å². The first-order valence-corrected chi connectivity index (χ1v) is 6.82. The van der Waals surface area contributed by atoms with Crippen molar-refractivity contribution in [3.8, 4) is 5.75 Å². The number of aldehydes is 1. The lowest BCUT2D eigenvalue weighted by molar-refractivity contribution is 0.111. The van der Waals surface area contributed by atoms with E-state index in [9.17, 15) is 9.18 Å². The van der Waals surface area contributed by atoms with Gasteiger partial charge in [0.15, 0.2) is 6.29 Å². The Balaban J connectivity index is 0.000000861. The third kappa shape index (κ3) is 4.31. The Morgan fingerprint density at radius 1 is 1.42 bits per heavy atom. The molecule has 1 N–H and O–H groups in total. The van der Waals surface area contributed by atoms with Crippen LogP contribution in [0.25, 0.3) is 0 Å². The standard InChI is InChI=1S/C13H16FNO2.C2H6/c1-15-4-5-17-13-7-10(9-2-3-9)6-12(14)11(13)8-16;1-2/h6-9,15H,2-5H2,1H3;1-2H3. The van der Waals surface area contributed by atoms with Crippen LogP contribution in [0.4, 0.5) is 4.39 Å². The van der Waals surface area contributed by atoms with Gasteiger partial charge in [-0.25, -0.2) is 4.39 Å². The molecule has 106 valence electrons. The minimum Gasteiger partial charge on any atom is -0.491 e. The van der Waals surface area contributed by atoms with Gasteiger partial charge < -0.3 is 10.1 Å². The molecule has 4 heteroatoms. The summed E-state index contributed by atoms with van der Waals surface area (Å²) in [6, 6.07) is 3.24. The number of carbonyl (C=O) groups excluding carboxylic acids is 1. The van der Waals surface area contributed by atoms with E-state index in [-0.39, 0.29) is 5.56 Å². The maximum atomic E-state index is 13.7. The number of rotatable bonds is 6. The van der Waals surface area contributed by atoms with Gasteiger partial charge in [0.25, 0.3) is 0 Å². The van der Waals surface area contributed by atoms with E-state index in [4.69, 9.17) is 4.74 Å². The van der Waals surface area contributed by atoms with Crippen LogP contribution in [-0.4, -0.2) is 26.5 Å². The third-order valence-corrected chi connectivity index (χ3v) is 2.89. The van der Waals surface area contributed by atoms with Crippen LogP contribution < -0.4 is 10.1 Å². The molecule has 0 atom stereocenters. The van der Waals surface area contributed by atoms with Gasteiger partial charge in [-0.05, 0) is 43.5 Å². The largest absolute Gasteiger partial charge is 0.491 e. The molecular formula is C15H22FNO2. The van der Waals surface area contributed by atoms with Crippen LogP contribution >= 0.6 is 0 Å². The van der Waals surface area contributed by atoms with Gasteiger partial charge in [0.1, 0.15) is 18.2 Å². The van der Waals surface area contributed by atoms with Gasteiger partial charge in [-0.15, -0.1) is 0 Å². The predicted molar refractivity (Wildman–Crippen MR) is 74.5 cm³/mol. The highest BCUT2D eigenvalue weighted by molar-refractivity contribution is 5.80. The van der Waals surface area contributed by atoms with Crippen LogP contribution in [0, 0.1) is 5.82 Å². The van der Waals surface area contributed by atoms with E-state index in [1.165, 1.54) is 6.07 Å². The van der Waals surface area contributed by atoms with E-state index in [0.29, 0.717) is 31.1 Å². The summed E-state index contributed by atoms with van der Waals surface area (Å²) in [5, 5.41) is 2.93. The Labute approximate surface area is 114 Å². The van der Waals surface area contributed by atoms with E-state index in [1.807, 2.05) is 20.9 Å². The van der Waals surface area contributed by atoms with Crippen molar-refractivity contribution in [3.63, 3.8) is 0 Å². The summed E-state index contributed by atoms with van der Waals surface area (Å²) in [7, 11) is 1.81. The fourth-order valence-corrected chi connectivity index (χ4v) is 1.76. The second-order valence-corrected chi connectivity index (χ2v) is 4.26. The zero-order chi connectivity index (χ0) is 14.3. The van der Waals surface area contributed by atoms with Crippen LogP contribution in [0.2, 0.25) is 0 Å². The molecular weight excluding hydrogens is 245 g/mol. The van der Waals surface area contributed by atoms with Crippen molar-refractivity contribution in [2.24, 2.45) is 0 Å². The summed E-state index contributed by atoms with van der Waals surface area (Å²) in [6.45, 7) is 5.08. The normalized spacial score (nSPS) is 13.5. The highest BCUT2D eigenvalue weighted by Gasteiger charge is 2.26. The molecule has 1 saturated carbocycles. The molecule has 0 heterocycles. The Bertz CT molecular complexity index is 417. The summed E-state index contributed by atoms with van der Waals surface area (Å²) in [5.41, 5.74) is 0.957. The van der Waals surface area contributed by atoms with E-state index in [1.54, 1.807) is 6.07 Å². The maximum Gasteiger partial charge on any atom is 0.156 e. The lowest BCUT2D eigenvalue weighted by Crippen LogP contribution is -2.16. The molecule has 1 aromatic carbocycles. The first kappa shape index (κ1) is 15.6. The van der Waals surface area contributed by atoms with Crippen molar-refractivity contribution in [2.75, 3.05) is 20.2 Å². The van der Waals surface area contributed by atoms with Crippen molar-refractivity contribution in [1.82, 2.24) is 5.32 Å². The van der Waals surface area contributed by atoms with Crippen LogP contribution in [0.3, 0.4) is 0 Å². The Kier molecular flexibility index (Phi) is 6.50. The maximum absolute atomic E-state index is 13.7. The summed E-state index contributed by atoms with van der Waals surface area (Å²) < 4.78 is 19.1. The van der Waals surface area contributed by atoms with E-state index in [0.717, 1.165) is 18.4 Å². The molecule has 3 nitrogen and oxygen atoms in total. The number of carbonyl (C=O) groups is 1. The quantitative estimate of drug-likeness (QED) is 0.635. The monoisotopic (exact) mass is 267 g/mol. The van der Waals surface area contributed by atoms with Crippen LogP contribution in [0.1, 0.15) is 48.5 Å². The second-order valence-electron chi connectivity index (χ2n) is 4.26. The van der Waals surface area contributed by atoms with Gasteiger partial charge in [0, 0.05) is 6.54 Å². The molecule has 19 heavy (non-hydrogen) atoms. The lowest BCUT2D eigenvalue weighted by atomic mass is 10.1. The van der Waals surface area contributed by atoms with E-state index >= 15 is 0 Å². The molecule has 1 fully saturated rings. The van der Waals surface area contributed by atoms with Crippen LogP contribution in [0.15, 0.2) is 12.1 Å². The van der Waals surface area contributed by atoms with Gasteiger partial charge in [-0.3, -0.25) is 4.79 Å². The number of hydrogen-bond acceptors (Lipinski definition) is 3. The minimum absolute atomic E-state index is 0.0190. The van der Waals surface area contributed by atoms with Gasteiger partial charge in [-0.2, -0.15) is 0 Å². The minimum atomic E-state index is -0.483. The molecule has 0 aliphatic heterocycles. The Morgan fingerprint density at radius 2 is 2.11 bits per heavy atom. The van der Waals surface area contributed by atoms with E-state index in [2.05, 4.69) is 5.32 Å². The Hall–Kier alpha value is -1.42. The molecule has 0 amide bonds. The molecule has 0 aromatic heterocycles. The second kappa shape index (κ2) is 7.89. The molecule has 0 spiro atoms. The number of ether oxygens (including phenoxy) is 1. The summed E-state index contributed by atoms with van der Waals surface area (Å²) >= 11 is 0. The third-order valence-electron chi connectivity index (χ3n) is 2.89. The molecule has 1 aliphatic rings. The molecule has 1 aliphatic carbocycles.